The van der Waals surface area contributed by atoms with Crippen LogP contribution in [0.25, 0.3) is 5.57 Å². The maximum absolute atomic E-state index is 12.1. The Bertz CT molecular complexity index is 615. The van der Waals surface area contributed by atoms with Crippen molar-refractivity contribution in [2.45, 2.75) is 6.92 Å². The van der Waals surface area contributed by atoms with Gasteiger partial charge in [0.15, 0.2) is 0 Å². The van der Waals surface area contributed by atoms with E-state index >= 15 is 0 Å². The molecular formula is C16H16N2O. The number of allylic oxidation sites excluding steroid dienone is 1. The van der Waals surface area contributed by atoms with E-state index in [-0.39, 0.29) is 5.91 Å². The first-order valence-electron chi connectivity index (χ1n) is 6.00. The van der Waals surface area contributed by atoms with Gasteiger partial charge < -0.3 is 11.1 Å². The zero-order valence-electron chi connectivity index (χ0n) is 10.8. The summed E-state index contributed by atoms with van der Waals surface area (Å²) in [5.74, 6) is -0.175. The lowest BCUT2D eigenvalue weighted by molar-refractivity contribution is 0.102. The van der Waals surface area contributed by atoms with Gasteiger partial charge in [0.25, 0.3) is 5.91 Å². The summed E-state index contributed by atoms with van der Waals surface area (Å²) in [6, 6.07) is 14.5. The van der Waals surface area contributed by atoms with Crippen LogP contribution in [0, 0.1) is 0 Å². The van der Waals surface area contributed by atoms with Crippen molar-refractivity contribution in [1.29, 1.82) is 0 Å². The summed E-state index contributed by atoms with van der Waals surface area (Å²) in [5.41, 5.74) is 9.54. The Morgan fingerprint density at radius 3 is 2.21 bits per heavy atom. The molecule has 0 aliphatic carbocycles. The normalized spacial score (nSPS) is 9.95. The summed E-state index contributed by atoms with van der Waals surface area (Å²) in [6.45, 7) is 5.79. The van der Waals surface area contributed by atoms with E-state index in [2.05, 4.69) is 11.9 Å². The Morgan fingerprint density at radius 2 is 1.63 bits per heavy atom. The number of para-hydroxylation sites is 2. The maximum Gasteiger partial charge on any atom is 0.255 e. The summed E-state index contributed by atoms with van der Waals surface area (Å²) >= 11 is 0. The first kappa shape index (κ1) is 12.9. The molecule has 0 atom stereocenters. The zero-order valence-corrected chi connectivity index (χ0v) is 10.8. The van der Waals surface area contributed by atoms with Crippen LogP contribution in [-0.4, -0.2) is 5.91 Å². The monoisotopic (exact) mass is 252 g/mol. The molecule has 0 heterocycles. The fraction of sp³-hybridized carbons (Fsp3) is 0.0625. The van der Waals surface area contributed by atoms with E-state index in [4.69, 9.17) is 5.73 Å². The Hall–Kier alpha value is -2.55. The standard InChI is InChI=1S/C16H16N2O/c1-11(2)12-7-9-13(10-8-12)16(19)18-15-6-4-3-5-14(15)17/h3-10H,1,17H2,2H3,(H,18,19). The molecule has 3 nitrogen and oxygen atoms in total. The number of nitrogens with two attached hydrogens (primary N) is 1. The van der Waals surface area contributed by atoms with E-state index in [1.54, 1.807) is 24.3 Å². The van der Waals surface area contributed by atoms with Crippen LogP contribution in [0.5, 0.6) is 0 Å². The molecule has 2 rings (SSSR count). The molecule has 0 aliphatic heterocycles. The predicted octanol–water partition coefficient (Wildman–Crippen LogP) is 3.55. The van der Waals surface area contributed by atoms with Crippen LogP contribution in [0.3, 0.4) is 0 Å². The molecule has 1 amide bonds. The predicted molar refractivity (Wildman–Crippen MR) is 80.0 cm³/mol. The van der Waals surface area contributed by atoms with Crippen LogP contribution in [0.1, 0.15) is 22.8 Å². The molecule has 2 aromatic rings. The Kier molecular flexibility index (Phi) is 3.66. The third-order valence-corrected chi connectivity index (χ3v) is 2.85. The topological polar surface area (TPSA) is 55.1 Å². The molecule has 3 N–H and O–H groups in total. The number of hydrogen-bond acceptors (Lipinski definition) is 2. The third-order valence-electron chi connectivity index (χ3n) is 2.85. The molecule has 0 saturated carbocycles. The van der Waals surface area contributed by atoms with Gasteiger partial charge in [-0.1, -0.05) is 36.4 Å². The van der Waals surface area contributed by atoms with Crippen molar-refractivity contribution in [3.63, 3.8) is 0 Å². The number of benzene rings is 2. The van der Waals surface area contributed by atoms with Crippen LogP contribution in [0.15, 0.2) is 55.1 Å². The van der Waals surface area contributed by atoms with Gasteiger partial charge in [0.05, 0.1) is 11.4 Å². The van der Waals surface area contributed by atoms with Crippen molar-refractivity contribution in [2.24, 2.45) is 0 Å². The van der Waals surface area contributed by atoms with Crippen LogP contribution < -0.4 is 11.1 Å². The first-order chi connectivity index (χ1) is 9.08. The van der Waals surface area contributed by atoms with Gasteiger partial charge in [-0.05, 0) is 36.8 Å². The van der Waals surface area contributed by atoms with Crippen molar-refractivity contribution in [2.75, 3.05) is 11.1 Å². The van der Waals surface area contributed by atoms with E-state index in [9.17, 15) is 4.79 Å². The summed E-state index contributed by atoms with van der Waals surface area (Å²) < 4.78 is 0. The number of carbonyl (C=O) groups is 1. The minimum atomic E-state index is -0.175. The van der Waals surface area contributed by atoms with Crippen LogP contribution in [0.4, 0.5) is 11.4 Å². The summed E-state index contributed by atoms with van der Waals surface area (Å²) in [6.07, 6.45) is 0. The lowest BCUT2D eigenvalue weighted by Crippen LogP contribution is -2.13. The number of amides is 1. The minimum Gasteiger partial charge on any atom is -0.397 e. The number of nitrogens with one attached hydrogen (secondary N) is 1. The molecule has 0 unspecified atom stereocenters. The highest BCUT2D eigenvalue weighted by atomic mass is 16.1. The third kappa shape index (κ3) is 3.01. The fourth-order valence-corrected chi connectivity index (χ4v) is 1.71. The summed E-state index contributed by atoms with van der Waals surface area (Å²) in [4.78, 5) is 12.1. The van der Waals surface area contributed by atoms with Crippen molar-refractivity contribution in [1.82, 2.24) is 0 Å². The Balaban J connectivity index is 2.16. The number of anilines is 2. The lowest BCUT2D eigenvalue weighted by atomic mass is 10.1. The highest BCUT2D eigenvalue weighted by molar-refractivity contribution is 6.05. The number of carbonyl (C=O) groups excluding carboxylic acids is 1. The van der Waals surface area contributed by atoms with Crippen molar-refractivity contribution >= 4 is 22.9 Å². The fourth-order valence-electron chi connectivity index (χ4n) is 1.71. The molecule has 19 heavy (non-hydrogen) atoms. The molecule has 0 fully saturated rings. The molecule has 0 spiro atoms. The average Bonchev–Trinajstić information content (AvgIpc) is 2.41. The van der Waals surface area contributed by atoms with Gasteiger partial charge in [0.1, 0.15) is 0 Å². The van der Waals surface area contributed by atoms with E-state index in [1.165, 1.54) is 0 Å². The van der Waals surface area contributed by atoms with Gasteiger partial charge in [-0.3, -0.25) is 4.79 Å². The minimum absolute atomic E-state index is 0.175. The van der Waals surface area contributed by atoms with Crippen LogP contribution in [-0.2, 0) is 0 Å². The van der Waals surface area contributed by atoms with E-state index in [0.29, 0.717) is 16.9 Å². The van der Waals surface area contributed by atoms with Gasteiger partial charge in [0, 0.05) is 5.56 Å². The lowest BCUT2D eigenvalue weighted by Gasteiger charge is -2.08. The van der Waals surface area contributed by atoms with Crippen LogP contribution >= 0.6 is 0 Å². The zero-order chi connectivity index (χ0) is 13.8. The Morgan fingerprint density at radius 1 is 1.05 bits per heavy atom. The highest BCUT2D eigenvalue weighted by Gasteiger charge is 2.07. The van der Waals surface area contributed by atoms with Gasteiger partial charge in [0.2, 0.25) is 0 Å². The van der Waals surface area contributed by atoms with Crippen molar-refractivity contribution in [3.8, 4) is 0 Å². The molecule has 0 radical (unpaired) electrons. The molecule has 0 saturated heterocycles. The van der Waals surface area contributed by atoms with E-state index in [1.807, 2.05) is 31.2 Å². The second-order valence-electron chi connectivity index (χ2n) is 4.40. The number of rotatable bonds is 3. The second-order valence-corrected chi connectivity index (χ2v) is 4.40. The molecule has 0 aromatic heterocycles. The van der Waals surface area contributed by atoms with Gasteiger partial charge in [-0.2, -0.15) is 0 Å². The summed E-state index contributed by atoms with van der Waals surface area (Å²) in [5, 5.41) is 2.79. The van der Waals surface area contributed by atoms with Gasteiger partial charge >= 0.3 is 0 Å². The second kappa shape index (κ2) is 5.40. The Labute approximate surface area is 112 Å². The molecule has 96 valence electrons. The number of nitrogen functional groups attached to an aromatic ring is 1. The molecule has 0 bridgehead atoms. The van der Waals surface area contributed by atoms with Crippen molar-refractivity contribution in [3.05, 3.63) is 66.2 Å². The van der Waals surface area contributed by atoms with E-state index < -0.39 is 0 Å². The smallest absolute Gasteiger partial charge is 0.255 e. The molecule has 0 aliphatic rings. The van der Waals surface area contributed by atoms with Gasteiger partial charge in [-0.15, -0.1) is 0 Å². The highest BCUT2D eigenvalue weighted by Crippen LogP contribution is 2.18. The first-order valence-corrected chi connectivity index (χ1v) is 6.00. The average molecular weight is 252 g/mol. The maximum atomic E-state index is 12.1. The number of hydrogen-bond donors (Lipinski definition) is 2. The molecule has 2 aromatic carbocycles. The van der Waals surface area contributed by atoms with Crippen molar-refractivity contribution < 1.29 is 4.79 Å². The largest absolute Gasteiger partial charge is 0.397 e. The van der Waals surface area contributed by atoms with Gasteiger partial charge in [-0.25, -0.2) is 0 Å². The molecule has 3 heteroatoms. The van der Waals surface area contributed by atoms with E-state index in [0.717, 1.165) is 11.1 Å². The molecular weight excluding hydrogens is 236 g/mol. The quantitative estimate of drug-likeness (QED) is 0.821. The SMILES string of the molecule is C=C(C)c1ccc(C(=O)Nc2ccccc2N)cc1. The summed E-state index contributed by atoms with van der Waals surface area (Å²) in [7, 11) is 0. The van der Waals surface area contributed by atoms with Crippen LogP contribution in [0.2, 0.25) is 0 Å².